The molecule has 0 amide bonds. The van der Waals surface area contributed by atoms with Gasteiger partial charge in [-0.25, -0.2) is 0 Å². The summed E-state index contributed by atoms with van der Waals surface area (Å²) in [6, 6.07) is 17.2. The van der Waals surface area contributed by atoms with Crippen molar-refractivity contribution in [2.75, 3.05) is 6.54 Å². The summed E-state index contributed by atoms with van der Waals surface area (Å²) in [4.78, 5) is 2.43. The van der Waals surface area contributed by atoms with E-state index < -0.39 is 0 Å². The standard InChI is InChI=1S/C21H26Cl2N2.2ClH/c1-15(24)25-10-9-18(11-16-5-3-2-4-6-16)13-19(25)12-17-7-8-20(22)21(23)14-17;;/h2-8,14-15,18-19H,9-13,24H2,1H3;2*1H. The molecule has 3 atom stereocenters. The number of nitrogens with two attached hydrogens (primary N) is 1. The molecule has 27 heavy (non-hydrogen) atoms. The fourth-order valence-electron chi connectivity index (χ4n) is 3.96. The minimum absolute atomic E-state index is 0. The number of piperidine rings is 1. The van der Waals surface area contributed by atoms with Gasteiger partial charge in [-0.1, -0.05) is 59.6 Å². The third kappa shape index (κ3) is 6.81. The largest absolute Gasteiger partial charge is 0.316 e. The SMILES string of the molecule is CC(N)N1CCC(Cc2ccccc2)CC1Cc1ccc(Cl)c(Cl)c1.Cl.Cl. The molecule has 2 aromatic carbocycles. The van der Waals surface area contributed by atoms with Gasteiger partial charge in [-0.2, -0.15) is 0 Å². The Morgan fingerprint density at radius 3 is 2.33 bits per heavy atom. The first-order valence-corrected chi connectivity index (χ1v) is 9.77. The highest BCUT2D eigenvalue weighted by Crippen LogP contribution is 2.30. The van der Waals surface area contributed by atoms with Crippen molar-refractivity contribution in [2.24, 2.45) is 11.7 Å². The van der Waals surface area contributed by atoms with Crippen LogP contribution in [0.3, 0.4) is 0 Å². The summed E-state index contributed by atoms with van der Waals surface area (Å²) in [5, 5.41) is 1.24. The highest BCUT2D eigenvalue weighted by atomic mass is 35.5. The second kappa shape index (κ2) is 11.5. The van der Waals surface area contributed by atoms with Gasteiger partial charge in [-0.05, 0) is 61.8 Å². The fourth-order valence-corrected chi connectivity index (χ4v) is 4.28. The van der Waals surface area contributed by atoms with Crippen molar-refractivity contribution in [3.63, 3.8) is 0 Å². The van der Waals surface area contributed by atoms with E-state index in [1.165, 1.54) is 17.5 Å². The smallest absolute Gasteiger partial charge is 0.0595 e. The van der Waals surface area contributed by atoms with Gasteiger partial charge in [-0.15, -0.1) is 24.8 Å². The Balaban J connectivity index is 0.00000182. The van der Waals surface area contributed by atoms with E-state index in [0.717, 1.165) is 25.8 Å². The Morgan fingerprint density at radius 2 is 1.70 bits per heavy atom. The van der Waals surface area contributed by atoms with E-state index in [1.54, 1.807) is 0 Å². The highest BCUT2D eigenvalue weighted by molar-refractivity contribution is 6.42. The predicted molar refractivity (Wildman–Crippen MR) is 122 cm³/mol. The molecule has 2 nitrogen and oxygen atoms in total. The molecule has 150 valence electrons. The summed E-state index contributed by atoms with van der Waals surface area (Å²) < 4.78 is 0. The van der Waals surface area contributed by atoms with Crippen molar-refractivity contribution in [1.82, 2.24) is 4.90 Å². The van der Waals surface area contributed by atoms with Gasteiger partial charge in [0.1, 0.15) is 0 Å². The number of benzene rings is 2. The number of rotatable bonds is 5. The molecule has 3 unspecified atom stereocenters. The Kier molecular flexibility index (Phi) is 10.5. The molecule has 0 aliphatic carbocycles. The van der Waals surface area contributed by atoms with Gasteiger partial charge in [0.2, 0.25) is 0 Å². The summed E-state index contributed by atoms with van der Waals surface area (Å²) in [5.74, 6) is 0.699. The Morgan fingerprint density at radius 1 is 1.00 bits per heavy atom. The van der Waals surface area contributed by atoms with E-state index in [2.05, 4.69) is 48.2 Å². The van der Waals surface area contributed by atoms with Crippen LogP contribution in [0.4, 0.5) is 0 Å². The summed E-state index contributed by atoms with van der Waals surface area (Å²) in [6.07, 6.45) is 4.55. The third-order valence-electron chi connectivity index (χ3n) is 5.22. The van der Waals surface area contributed by atoms with Gasteiger partial charge in [-0.3, -0.25) is 4.90 Å². The average molecular weight is 450 g/mol. The van der Waals surface area contributed by atoms with Crippen LogP contribution in [0.25, 0.3) is 0 Å². The summed E-state index contributed by atoms with van der Waals surface area (Å²) in [6.45, 7) is 3.14. The van der Waals surface area contributed by atoms with Crippen LogP contribution in [-0.2, 0) is 12.8 Å². The van der Waals surface area contributed by atoms with Crippen molar-refractivity contribution in [1.29, 1.82) is 0 Å². The van der Waals surface area contributed by atoms with Gasteiger partial charge in [0.05, 0.1) is 16.2 Å². The van der Waals surface area contributed by atoms with E-state index in [4.69, 9.17) is 28.9 Å². The van der Waals surface area contributed by atoms with Gasteiger partial charge in [0.25, 0.3) is 0 Å². The third-order valence-corrected chi connectivity index (χ3v) is 5.95. The molecular formula is C21H28Cl4N2. The first-order valence-electron chi connectivity index (χ1n) is 9.02. The fraction of sp³-hybridized carbons (Fsp3) is 0.429. The lowest BCUT2D eigenvalue weighted by atomic mass is 9.83. The van der Waals surface area contributed by atoms with Crippen LogP contribution in [0.15, 0.2) is 48.5 Å². The molecule has 6 heteroatoms. The first kappa shape index (κ1) is 24.6. The zero-order valence-electron chi connectivity index (χ0n) is 15.5. The van der Waals surface area contributed by atoms with Crippen molar-refractivity contribution in [2.45, 2.75) is 44.8 Å². The van der Waals surface area contributed by atoms with Crippen LogP contribution in [0.2, 0.25) is 10.0 Å². The average Bonchev–Trinajstić information content (AvgIpc) is 2.59. The Hall–Kier alpha value is -0.480. The number of likely N-dealkylation sites (tertiary alicyclic amines) is 1. The molecule has 2 N–H and O–H groups in total. The lowest BCUT2D eigenvalue weighted by Crippen LogP contribution is -2.51. The van der Waals surface area contributed by atoms with E-state index in [0.29, 0.717) is 22.0 Å². The normalized spacial score (nSPS) is 21.0. The van der Waals surface area contributed by atoms with Crippen molar-refractivity contribution < 1.29 is 0 Å². The quantitative estimate of drug-likeness (QED) is 0.605. The van der Waals surface area contributed by atoms with E-state index in [9.17, 15) is 0 Å². The predicted octanol–water partition coefficient (Wildman–Crippen LogP) is 6.01. The lowest BCUT2D eigenvalue weighted by Gasteiger charge is -2.42. The zero-order chi connectivity index (χ0) is 17.8. The summed E-state index contributed by atoms with van der Waals surface area (Å²) >= 11 is 12.2. The maximum absolute atomic E-state index is 6.24. The van der Waals surface area contributed by atoms with Crippen molar-refractivity contribution in [3.8, 4) is 0 Å². The van der Waals surface area contributed by atoms with E-state index in [-0.39, 0.29) is 31.0 Å². The highest BCUT2D eigenvalue weighted by Gasteiger charge is 2.30. The lowest BCUT2D eigenvalue weighted by molar-refractivity contribution is 0.0765. The molecule has 0 radical (unpaired) electrons. The molecular weight excluding hydrogens is 422 g/mol. The minimum Gasteiger partial charge on any atom is -0.316 e. The number of hydrogen-bond acceptors (Lipinski definition) is 2. The summed E-state index contributed by atoms with van der Waals surface area (Å²) in [5.41, 5.74) is 8.90. The second-order valence-electron chi connectivity index (χ2n) is 7.16. The van der Waals surface area contributed by atoms with Crippen LogP contribution >= 0.6 is 48.0 Å². The van der Waals surface area contributed by atoms with Crippen LogP contribution in [-0.4, -0.2) is 23.7 Å². The van der Waals surface area contributed by atoms with Crippen LogP contribution in [0.1, 0.15) is 30.9 Å². The topological polar surface area (TPSA) is 29.3 Å². The molecule has 0 spiro atoms. The first-order chi connectivity index (χ1) is 12.0. The minimum atomic E-state index is 0. The monoisotopic (exact) mass is 448 g/mol. The molecule has 0 aromatic heterocycles. The maximum Gasteiger partial charge on any atom is 0.0595 e. The molecule has 0 bridgehead atoms. The number of halogens is 4. The Bertz CT molecular complexity index is 694. The van der Waals surface area contributed by atoms with Crippen molar-refractivity contribution >= 4 is 48.0 Å². The van der Waals surface area contributed by atoms with Gasteiger partial charge in [0.15, 0.2) is 0 Å². The number of hydrogen-bond donors (Lipinski definition) is 1. The summed E-state index contributed by atoms with van der Waals surface area (Å²) in [7, 11) is 0. The van der Waals surface area contributed by atoms with Gasteiger partial charge in [0, 0.05) is 12.6 Å². The van der Waals surface area contributed by atoms with E-state index >= 15 is 0 Å². The number of nitrogens with zero attached hydrogens (tertiary/aromatic N) is 1. The molecule has 0 saturated carbocycles. The van der Waals surface area contributed by atoms with Crippen LogP contribution in [0, 0.1) is 5.92 Å². The van der Waals surface area contributed by atoms with Gasteiger partial charge >= 0.3 is 0 Å². The molecule has 1 aliphatic heterocycles. The molecule has 3 rings (SSSR count). The zero-order valence-corrected chi connectivity index (χ0v) is 18.6. The Labute approximate surface area is 185 Å². The van der Waals surface area contributed by atoms with Crippen LogP contribution in [0.5, 0.6) is 0 Å². The van der Waals surface area contributed by atoms with Crippen LogP contribution < -0.4 is 5.73 Å². The molecule has 1 aliphatic rings. The van der Waals surface area contributed by atoms with Crippen molar-refractivity contribution in [3.05, 3.63) is 69.7 Å². The molecule has 1 fully saturated rings. The second-order valence-corrected chi connectivity index (χ2v) is 7.98. The van der Waals surface area contributed by atoms with E-state index in [1.807, 2.05) is 12.1 Å². The van der Waals surface area contributed by atoms with Gasteiger partial charge < -0.3 is 5.73 Å². The maximum atomic E-state index is 6.24. The molecule has 1 heterocycles. The molecule has 1 saturated heterocycles. The molecule has 2 aromatic rings.